The monoisotopic (exact) mass is 259 g/mol. The van der Waals surface area contributed by atoms with Crippen molar-refractivity contribution in [3.63, 3.8) is 0 Å². The molecule has 0 bridgehead atoms. The fourth-order valence-electron chi connectivity index (χ4n) is 3.15. The van der Waals surface area contributed by atoms with Crippen LogP contribution in [0.1, 0.15) is 24.9 Å². The van der Waals surface area contributed by atoms with Crippen molar-refractivity contribution in [2.24, 2.45) is 5.92 Å². The summed E-state index contributed by atoms with van der Waals surface area (Å²) >= 11 is 0. The molecule has 0 saturated carbocycles. The van der Waals surface area contributed by atoms with Gasteiger partial charge in [0.1, 0.15) is 5.52 Å². The lowest BCUT2D eigenvalue weighted by atomic mass is 9.94. The topological polar surface area (TPSA) is 60.0 Å². The SMILES string of the molecule is Cc1cnc2c(c1)nc(N)n2C1CCN(C)CC1C. The summed E-state index contributed by atoms with van der Waals surface area (Å²) in [6.45, 7) is 6.50. The van der Waals surface area contributed by atoms with Gasteiger partial charge in [0.05, 0.1) is 0 Å². The van der Waals surface area contributed by atoms with E-state index in [1.54, 1.807) is 0 Å². The van der Waals surface area contributed by atoms with Crippen LogP contribution in [0.4, 0.5) is 5.95 Å². The molecule has 2 aromatic rings. The number of likely N-dealkylation sites (tertiary alicyclic amines) is 1. The predicted molar refractivity (Wildman–Crippen MR) is 77.0 cm³/mol. The third-order valence-electron chi connectivity index (χ3n) is 4.09. The van der Waals surface area contributed by atoms with E-state index in [-0.39, 0.29) is 0 Å². The zero-order chi connectivity index (χ0) is 13.6. The van der Waals surface area contributed by atoms with Crippen molar-refractivity contribution < 1.29 is 0 Å². The molecule has 2 unspecified atom stereocenters. The molecule has 2 atom stereocenters. The first kappa shape index (κ1) is 12.4. The molecule has 1 saturated heterocycles. The maximum Gasteiger partial charge on any atom is 0.202 e. The lowest BCUT2D eigenvalue weighted by Gasteiger charge is -2.35. The standard InChI is InChI=1S/C14H21N5/c1-9-6-11-13(16-7-9)19(14(15)17-11)12-4-5-18(3)8-10(12)2/h6-7,10,12H,4-5,8H2,1-3H3,(H2,15,17). The molecule has 3 rings (SSSR count). The highest BCUT2D eigenvalue weighted by atomic mass is 15.2. The summed E-state index contributed by atoms with van der Waals surface area (Å²) in [6, 6.07) is 2.45. The minimum absolute atomic E-state index is 0.399. The number of rotatable bonds is 1. The number of piperidine rings is 1. The summed E-state index contributed by atoms with van der Waals surface area (Å²) in [5, 5.41) is 0. The lowest BCUT2D eigenvalue weighted by molar-refractivity contribution is 0.162. The van der Waals surface area contributed by atoms with Crippen molar-refractivity contribution in [2.75, 3.05) is 25.9 Å². The average Bonchev–Trinajstić information content (AvgIpc) is 2.65. The zero-order valence-electron chi connectivity index (χ0n) is 11.8. The number of fused-ring (bicyclic) bond motifs is 1. The maximum absolute atomic E-state index is 6.13. The molecule has 102 valence electrons. The van der Waals surface area contributed by atoms with Gasteiger partial charge in [-0.25, -0.2) is 9.97 Å². The number of nitrogens with two attached hydrogens (primary N) is 1. The van der Waals surface area contributed by atoms with Crippen LogP contribution in [0.15, 0.2) is 12.3 Å². The lowest BCUT2D eigenvalue weighted by Crippen LogP contribution is -2.38. The third kappa shape index (κ3) is 2.08. The van der Waals surface area contributed by atoms with E-state index in [2.05, 4.69) is 39.5 Å². The molecule has 5 heteroatoms. The number of pyridine rings is 1. The first-order chi connectivity index (χ1) is 9.06. The average molecular weight is 259 g/mol. The summed E-state index contributed by atoms with van der Waals surface area (Å²) in [5.74, 6) is 1.15. The molecule has 0 aliphatic carbocycles. The van der Waals surface area contributed by atoms with Gasteiger partial charge in [-0.2, -0.15) is 0 Å². The van der Waals surface area contributed by atoms with Crippen molar-refractivity contribution >= 4 is 17.1 Å². The van der Waals surface area contributed by atoms with E-state index in [1.165, 1.54) is 0 Å². The van der Waals surface area contributed by atoms with Crippen molar-refractivity contribution in [3.8, 4) is 0 Å². The van der Waals surface area contributed by atoms with Crippen LogP contribution in [0, 0.1) is 12.8 Å². The first-order valence-corrected chi connectivity index (χ1v) is 6.85. The molecule has 19 heavy (non-hydrogen) atoms. The van der Waals surface area contributed by atoms with Crippen LogP contribution in [0.25, 0.3) is 11.2 Å². The Kier molecular flexibility index (Phi) is 2.93. The first-order valence-electron chi connectivity index (χ1n) is 6.85. The third-order valence-corrected chi connectivity index (χ3v) is 4.09. The molecule has 0 radical (unpaired) electrons. The van der Waals surface area contributed by atoms with Crippen molar-refractivity contribution in [3.05, 3.63) is 17.8 Å². The summed E-state index contributed by atoms with van der Waals surface area (Å²) in [7, 11) is 2.17. The van der Waals surface area contributed by atoms with Gasteiger partial charge >= 0.3 is 0 Å². The number of hydrogen-bond acceptors (Lipinski definition) is 4. The molecule has 0 amide bonds. The molecular formula is C14H21N5. The van der Waals surface area contributed by atoms with E-state index < -0.39 is 0 Å². The van der Waals surface area contributed by atoms with Crippen LogP contribution in [0.3, 0.4) is 0 Å². The second kappa shape index (κ2) is 4.49. The Bertz CT molecular complexity index is 603. The zero-order valence-corrected chi connectivity index (χ0v) is 11.8. The number of aryl methyl sites for hydroxylation is 1. The van der Waals surface area contributed by atoms with E-state index in [4.69, 9.17) is 5.73 Å². The summed E-state index contributed by atoms with van der Waals surface area (Å²) < 4.78 is 2.13. The number of aromatic nitrogens is 3. The van der Waals surface area contributed by atoms with Crippen LogP contribution < -0.4 is 5.73 Å². The molecule has 0 spiro atoms. The Morgan fingerprint density at radius 3 is 2.95 bits per heavy atom. The largest absolute Gasteiger partial charge is 0.369 e. The molecule has 5 nitrogen and oxygen atoms in total. The fourth-order valence-corrected chi connectivity index (χ4v) is 3.15. The van der Waals surface area contributed by atoms with Gasteiger partial charge < -0.3 is 10.6 Å². The second-order valence-electron chi connectivity index (χ2n) is 5.79. The van der Waals surface area contributed by atoms with E-state index in [1.807, 2.05) is 13.1 Å². The fraction of sp³-hybridized carbons (Fsp3) is 0.571. The van der Waals surface area contributed by atoms with Gasteiger partial charge in [-0.05, 0) is 44.5 Å². The van der Waals surface area contributed by atoms with Gasteiger partial charge in [-0.3, -0.25) is 4.57 Å². The normalized spacial score (nSPS) is 25.0. The van der Waals surface area contributed by atoms with Gasteiger partial charge in [0.15, 0.2) is 5.65 Å². The molecule has 1 aliphatic rings. The Morgan fingerprint density at radius 1 is 1.42 bits per heavy atom. The molecule has 1 aliphatic heterocycles. The summed E-state index contributed by atoms with van der Waals surface area (Å²) in [5.41, 5.74) is 9.08. The van der Waals surface area contributed by atoms with Gasteiger partial charge in [0.2, 0.25) is 5.95 Å². The minimum atomic E-state index is 0.399. The predicted octanol–water partition coefficient (Wildman–Crippen LogP) is 1.83. The second-order valence-corrected chi connectivity index (χ2v) is 5.79. The Balaban J connectivity index is 2.07. The highest BCUT2D eigenvalue weighted by Gasteiger charge is 2.28. The smallest absolute Gasteiger partial charge is 0.202 e. The number of nitrogens with zero attached hydrogens (tertiary/aromatic N) is 4. The molecule has 2 aromatic heterocycles. The molecule has 0 aromatic carbocycles. The van der Waals surface area contributed by atoms with E-state index >= 15 is 0 Å². The van der Waals surface area contributed by atoms with Crippen LogP contribution in [0.5, 0.6) is 0 Å². The van der Waals surface area contributed by atoms with E-state index in [0.29, 0.717) is 17.9 Å². The molecule has 1 fully saturated rings. The number of imidazole rings is 1. The highest BCUT2D eigenvalue weighted by Crippen LogP contribution is 2.32. The Morgan fingerprint density at radius 2 is 2.21 bits per heavy atom. The summed E-state index contributed by atoms with van der Waals surface area (Å²) in [4.78, 5) is 11.4. The van der Waals surface area contributed by atoms with Gasteiger partial charge in [-0.1, -0.05) is 6.92 Å². The van der Waals surface area contributed by atoms with Crippen molar-refractivity contribution in [2.45, 2.75) is 26.3 Å². The van der Waals surface area contributed by atoms with E-state index in [0.717, 1.165) is 36.2 Å². The van der Waals surface area contributed by atoms with Crippen LogP contribution in [-0.2, 0) is 0 Å². The quantitative estimate of drug-likeness (QED) is 0.849. The molecule has 3 heterocycles. The van der Waals surface area contributed by atoms with E-state index in [9.17, 15) is 0 Å². The Hall–Kier alpha value is -1.62. The number of nitrogen functional groups attached to an aromatic ring is 1. The van der Waals surface area contributed by atoms with Crippen LogP contribution >= 0.6 is 0 Å². The van der Waals surface area contributed by atoms with Crippen LogP contribution in [0.2, 0.25) is 0 Å². The van der Waals surface area contributed by atoms with Gasteiger partial charge in [0.25, 0.3) is 0 Å². The van der Waals surface area contributed by atoms with Crippen molar-refractivity contribution in [1.29, 1.82) is 0 Å². The van der Waals surface area contributed by atoms with Crippen LogP contribution in [-0.4, -0.2) is 39.6 Å². The number of hydrogen-bond donors (Lipinski definition) is 1. The summed E-state index contributed by atoms with van der Waals surface area (Å²) in [6.07, 6.45) is 2.99. The minimum Gasteiger partial charge on any atom is -0.369 e. The molecule has 2 N–H and O–H groups in total. The number of anilines is 1. The highest BCUT2D eigenvalue weighted by molar-refractivity contribution is 5.74. The maximum atomic E-state index is 6.13. The molecular weight excluding hydrogens is 238 g/mol. The Labute approximate surface area is 113 Å². The van der Waals surface area contributed by atoms with Gasteiger partial charge in [0, 0.05) is 18.8 Å². The van der Waals surface area contributed by atoms with Crippen molar-refractivity contribution in [1.82, 2.24) is 19.4 Å². The van der Waals surface area contributed by atoms with Gasteiger partial charge in [-0.15, -0.1) is 0 Å².